The lowest BCUT2D eigenvalue weighted by Crippen LogP contribution is -1.92. The van der Waals surface area contributed by atoms with Crippen LogP contribution >= 0.6 is 15.9 Å². The topological polar surface area (TPSA) is 50.4 Å². The summed E-state index contributed by atoms with van der Waals surface area (Å²) in [5, 5.41) is 8.74. The van der Waals surface area contributed by atoms with Crippen molar-refractivity contribution in [1.82, 2.24) is 0 Å². The Bertz CT molecular complexity index is 589. The van der Waals surface area contributed by atoms with Crippen LogP contribution in [0.1, 0.15) is 16.1 Å². The van der Waals surface area contributed by atoms with E-state index < -0.39 is 11.8 Å². The maximum Gasteiger partial charge on any atom is 0.371 e. The van der Waals surface area contributed by atoms with Gasteiger partial charge in [0.2, 0.25) is 5.76 Å². The summed E-state index contributed by atoms with van der Waals surface area (Å²) in [7, 11) is 0. The van der Waals surface area contributed by atoms with Crippen molar-refractivity contribution in [2.75, 3.05) is 0 Å². The molecule has 1 heterocycles. The highest BCUT2D eigenvalue weighted by Gasteiger charge is 2.13. The van der Waals surface area contributed by atoms with Gasteiger partial charge in [-0.1, -0.05) is 0 Å². The largest absolute Gasteiger partial charge is 0.475 e. The highest BCUT2D eigenvalue weighted by atomic mass is 79.9. The highest BCUT2D eigenvalue weighted by Crippen LogP contribution is 2.29. The van der Waals surface area contributed by atoms with Crippen LogP contribution in [0.5, 0.6) is 0 Å². The first-order valence-electron chi connectivity index (χ1n) is 4.78. The third kappa shape index (κ3) is 2.24. The molecule has 0 amide bonds. The van der Waals surface area contributed by atoms with Crippen molar-refractivity contribution < 1.29 is 18.7 Å². The van der Waals surface area contributed by atoms with E-state index in [2.05, 4.69) is 15.9 Å². The second kappa shape index (κ2) is 4.33. The number of hydrogen-bond donors (Lipinski definition) is 1. The number of hydrogen-bond acceptors (Lipinski definition) is 2. The van der Waals surface area contributed by atoms with Crippen LogP contribution in [-0.4, -0.2) is 11.1 Å². The molecule has 1 N–H and O–H groups in total. The third-order valence-corrected chi connectivity index (χ3v) is 2.96. The van der Waals surface area contributed by atoms with Gasteiger partial charge in [0.1, 0.15) is 11.6 Å². The summed E-state index contributed by atoms with van der Waals surface area (Å²) in [5.41, 5.74) is 1.34. The van der Waals surface area contributed by atoms with Gasteiger partial charge in [0.15, 0.2) is 0 Å². The summed E-state index contributed by atoms with van der Waals surface area (Å²) >= 11 is 3.08. The molecule has 0 radical (unpaired) electrons. The Labute approximate surface area is 105 Å². The van der Waals surface area contributed by atoms with Crippen molar-refractivity contribution in [3.8, 4) is 11.3 Å². The summed E-state index contributed by atoms with van der Waals surface area (Å²) < 4.78 is 18.9. The predicted octanol–water partition coefficient (Wildman–Crippen LogP) is 3.85. The SMILES string of the molecule is Cc1cc(Br)c(F)cc1-c1ccc(C(=O)O)o1. The zero-order valence-electron chi connectivity index (χ0n) is 8.83. The van der Waals surface area contributed by atoms with Gasteiger partial charge in [0, 0.05) is 5.56 Å². The Morgan fingerprint density at radius 3 is 2.71 bits per heavy atom. The number of furan rings is 1. The monoisotopic (exact) mass is 298 g/mol. The number of benzene rings is 1. The highest BCUT2D eigenvalue weighted by molar-refractivity contribution is 9.10. The molecule has 1 aromatic heterocycles. The van der Waals surface area contributed by atoms with Gasteiger partial charge >= 0.3 is 5.97 Å². The Morgan fingerprint density at radius 1 is 1.41 bits per heavy atom. The van der Waals surface area contributed by atoms with E-state index in [4.69, 9.17) is 9.52 Å². The molecule has 3 nitrogen and oxygen atoms in total. The van der Waals surface area contributed by atoms with Crippen molar-refractivity contribution >= 4 is 21.9 Å². The number of aromatic carboxylic acids is 1. The summed E-state index contributed by atoms with van der Waals surface area (Å²) in [4.78, 5) is 10.7. The molecular weight excluding hydrogens is 291 g/mol. The fraction of sp³-hybridized carbons (Fsp3) is 0.0833. The molecule has 0 bridgehead atoms. The van der Waals surface area contributed by atoms with Crippen molar-refractivity contribution in [3.05, 3.63) is 45.9 Å². The zero-order chi connectivity index (χ0) is 12.6. The molecule has 1 aromatic carbocycles. The van der Waals surface area contributed by atoms with E-state index in [9.17, 15) is 9.18 Å². The van der Waals surface area contributed by atoms with E-state index in [1.807, 2.05) is 0 Å². The van der Waals surface area contributed by atoms with E-state index in [1.165, 1.54) is 18.2 Å². The average molecular weight is 299 g/mol. The van der Waals surface area contributed by atoms with Crippen LogP contribution in [0.4, 0.5) is 4.39 Å². The molecule has 0 atom stereocenters. The molecule has 17 heavy (non-hydrogen) atoms. The van der Waals surface area contributed by atoms with Crippen molar-refractivity contribution in [2.24, 2.45) is 0 Å². The summed E-state index contributed by atoms with van der Waals surface area (Å²) in [6, 6.07) is 5.79. The number of halogens is 2. The van der Waals surface area contributed by atoms with Gasteiger partial charge in [-0.2, -0.15) is 0 Å². The maximum atomic E-state index is 13.4. The Hall–Kier alpha value is -1.62. The number of carboxylic acids is 1. The molecular formula is C12H8BrFO3. The molecule has 0 spiro atoms. The van der Waals surface area contributed by atoms with E-state index in [0.29, 0.717) is 15.8 Å². The average Bonchev–Trinajstić information content (AvgIpc) is 2.72. The molecule has 2 rings (SSSR count). The summed E-state index contributed by atoms with van der Waals surface area (Å²) in [6.07, 6.45) is 0. The van der Waals surface area contributed by atoms with Crippen LogP contribution in [0.2, 0.25) is 0 Å². The second-order valence-corrected chi connectivity index (χ2v) is 4.40. The molecule has 0 aliphatic carbocycles. The fourth-order valence-corrected chi connectivity index (χ4v) is 1.97. The minimum Gasteiger partial charge on any atom is -0.475 e. The summed E-state index contributed by atoms with van der Waals surface area (Å²) in [6.45, 7) is 1.79. The lowest BCUT2D eigenvalue weighted by atomic mass is 10.1. The van der Waals surface area contributed by atoms with E-state index in [-0.39, 0.29) is 5.76 Å². The van der Waals surface area contributed by atoms with Crippen molar-refractivity contribution in [1.29, 1.82) is 0 Å². The minimum atomic E-state index is -1.15. The van der Waals surface area contributed by atoms with Crippen LogP contribution in [0.15, 0.2) is 33.2 Å². The van der Waals surface area contributed by atoms with E-state index in [1.54, 1.807) is 13.0 Å². The lowest BCUT2D eigenvalue weighted by molar-refractivity contribution is 0.0663. The molecule has 0 fully saturated rings. The lowest BCUT2D eigenvalue weighted by Gasteiger charge is -2.04. The zero-order valence-corrected chi connectivity index (χ0v) is 10.4. The molecule has 0 aliphatic heterocycles. The number of aryl methyl sites for hydroxylation is 1. The number of carbonyl (C=O) groups is 1. The van der Waals surface area contributed by atoms with Crippen molar-refractivity contribution in [2.45, 2.75) is 6.92 Å². The maximum absolute atomic E-state index is 13.4. The van der Waals surface area contributed by atoms with Gasteiger partial charge in [0.25, 0.3) is 0 Å². The first kappa shape index (κ1) is 11.9. The van der Waals surface area contributed by atoms with Crippen LogP contribution in [0, 0.1) is 12.7 Å². The second-order valence-electron chi connectivity index (χ2n) is 3.55. The molecule has 5 heteroatoms. The first-order chi connectivity index (χ1) is 7.99. The van der Waals surface area contributed by atoms with Gasteiger partial charge in [-0.3, -0.25) is 0 Å². The molecule has 88 valence electrons. The standard InChI is InChI=1S/C12H8BrFO3/c1-6-4-8(13)9(14)5-7(6)10-2-3-11(17-10)12(15)16/h2-5H,1H3,(H,15,16). The van der Waals surface area contributed by atoms with Gasteiger partial charge in [0.05, 0.1) is 4.47 Å². The first-order valence-corrected chi connectivity index (χ1v) is 5.57. The molecule has 0 aliphatic rings. The van der Waals surface area contributed by atoms with Gasteiger partial charge < -0.3 is 9.52 Å². The van der Waals surface area contributed by atoms with Crippen LogP contribution in [0.3, 0.4) is 0 Å². The normalized spacial score (nSPS) is 10.5. The van der Waals surface area contributed by atoms with Gasteiger partial charge in [-0.25, -0.2) is 9.18 Å². The summed E-state index contributed by atoms with van der Waals surface area (Å²) in [5.74, 6) is -1.39. The molecule has 0 saturated heterocycles. The third-order valence-electron chi connectivity index (χ3n) is 2.35. The number of rotatable bonds is 2. The van der Waals surface area contributed by atoms with E-state index >= 15 is 0 Å². The van der Waals surface area contributed by atoms with Crippen LogP contribution in [0.25, 0.3) is 11.3 Å². The Morgan fingerprint density at radius 2 is 2.12 bits per heavy atom. The molecule has 0 saturated carbocycles. The fourth-order valence-electron chi connectivity index (χ4n) is 1.51. The van der Waals surface area contributed by atoms with Crippen LogP contribution in [-0.2, 0) is 0 Å². The minimum absolute atomic E-state index is 0.164. The van der Waals surface area contributed by atoms with Crippen LogP contribution < -0.4 is 0 Å². The molecule has 2 aromatic rings. The van der Waals surface area contributed by atoms with Crippen molar-refractivity contribution in [3.63, 3.8) is 0 Å². The quantitative estimate of drug-likeness (QED) is 0.916. The van der Waals surface area contributed by atoms with Gasteiger partial charge in [-0.05, 0) is 52.7 Å². The van der Waals surface area contributed by atoms with E-state index in [0.717, 1.165) is 5.56 Å². The predicted molar refractivity (Wildman–Crippen MR) is 63.5 cm³/mol. The smallest absolute Gasteiger partial charge is 0.371 e. The Kier molecular flexibility index (Phi) is 3.02. The number of carboxylic acid groups (broad SMARTS) is 1. The van der Waals surface area contributed by atoms with Gasteiger partial charge in [-0.15, -0.1) is 0 Å². The Balaban J connectivity index is 2.52. The molecule has 0 unspecified atom stereocenters.